The summed E-state index contributed by atoms with van der Waals surface area (Å²) in [7, 11) is -2.13. The normalized spacial score (nSPS) is 20.5. The van der Waals surface area contributed by atoms with Crippen molar-refractivity contribution < 1.29 is 17.9 Å². The van der Waals surface area contributed by atoms with E-state index < -0.39 is 16.0 Å². The van der Waals surface area contributed by atoms with Gasteiger partial charge in [-0.2, -0.15) is 4.31 Å². The lowest BCUT2D eigenvalue weighted by Crippen LogP contribution is -2.49. The number of sulfonamides is 1. The van der Waals surface area contributed by atoms with Crippen molar-refractivity contribution in [2.24, 2.45) is 0 Å². The molecule has 0 aliphatic carbocycles. The Labute approximate surface area is 115 Å². The summed E-state index contributed by atoms with van der Waals surface area (Å²) in [6.45, 7) is 4.10. The summed E-state index contributed by atoms with van der Waals surface area (Å²) in [6, 6.07) is 0.0105. The minimum atomic E-state index is -3.40. The number of esters is 1. The summed E-state index contributed by atoms with van der Waals surface area (Å²) >= 11 is 0. The van der Waals surface area contributed by atoms with Crippen LogP contribution < -0.4 is 5.32 Å². The zero-order valence-corrected chi connectivity index (χ0v) is 12.5. The van der Waals surface area contributed by atoms with Crippen LogP contribution in [-0.4, -0.2) is 57.2 Å². The van der Waals surface area contributed by atoms with Crippen LogP contribution in [0, 0.1) is 0 Å². The van der Waals surface area contributed by atoms with E-state index in [1.807, 2.05) is 6.92 Å². The fraction of sp³-hybridized carbons (Fsp3) is 0.917. The number of carbonyl (C=O) groups excluding carboxylic acids is 1. The van der Waals surface area contributed by atoms with Gasteiger partial charge in [0.05, 0.1) is 19.3 Å². The third-order valence-corrected chi connectivity index (χ3v) is 5.19. The number of hydrogen-bond donors (Lipinski definition) is 1. The van der Waals surface area contributed by atoms with E-state index in [1.165, 1.54) is 7.11 Å². The molecule has 1 saturated heterocycles. The quantitative estimate of drug-likeness (QED) is 0.685. The van der Waals surface area contributed by atoms with Gasteiger partial charge in [0.15, 0.2) is 0 Å². The third kappa shape index (κ3) is 5.08. The molecule has 1 aliphatic rings. The summed E-state index contributed by atoms with van der Waals surface area (Å²) in [5, 5.41) is 3.22. The van der Waals surface area contributed by atoms with Crippen molar-refractivity contribution in [3.05, 3.63) is 0 Å². The van der Waals surface area contributed by atoms with Gasteiger partial charge in [-0.1, -0.05) is 6.92 Å². The van der Waals surface area contributed by atoms with Crippen LogP contribution in [0.5, 0.6) is 0 Å². The second kappa shape index (κ2) is 7.81. The van der Waals surface area contributed by atoms with Gasteiger partial charge in [0.2, 0.25) is 10.0 Å². The van der Waals surface area contributed by atoms with Gasteiger partial charge in [-0.25, -0.2) is 8.42 Å². The molecule has 0 amide bonds. The molecule has 0 spiro atoms. The zero-order valence-electron chi connectivity index (χ0n) is 11.7. The Hall–Kier alpha value is -0.660. The Kier molecular flexibility index (Phi) is 6.74. The van der Waals surface area contributed by atoms with E-state index >= 15 is 0 Å². The van der Waals surface area contributed by atoms with Crippen molar-refractivity contribution >= 4 is 16.0 Å². The van der Waals surface area contributed by atoms with Crippen LogP contribution in [0.2, 0.25) is 0 Å². The molecule has 7 heteroatoms. The van der Waals surface area contributed by atoms with E-state index in [9.17, 15) is 13.2 Å². The fourth-order valence-electron chi connectivity index (χ4n) is 2.28. The van der Waals surface area contributed by atoms with Crippen molar-refractivity contribution in [3.63, 3.8) is 0 Å². The average molecular weight is 292 g/mol. The zero-order chi connectivity index (χ0) is 14.3. The second-order valence-electron chi connectivity index (χ2n) is 4.75. The predicted molar refractivity (Wildman–Crippen MR) is 73.3 cm³/mol. The Balaban J connectivity index is 2.69. The van der Waals surface area contributed by atoms with Gasteiger partial charge in [-0.05, 0) is 25.8 Å². The van der Waals surface area contributed by atoms with Crippen molar-refractivity contribution in [2.75, 3.05) is 32.5 Å². The molecule has 0 aromatic heterocycles. The molecule has 0 saturated carbocycles. The Morgan fingerprint density at radius 1 is 1.47 bits per heavy atom. The number of hydrogen-bond acceptors (Lipinski definition) is 5. The number of rotatable bonds is 7. The minimum absolute atomic E-state index is 0.0105. The first-order valence-corrected chi connectivity index (χ1v) is 8.39. The van der Waals surface area contributed by atoms with Crippen molar-refractivity contribution in [1.82, 2.24) is 9.62 Å². The molecule has 1 rings (SSSR count). The summed E-state index contributed by atoms with van der Waals surface area (Å²) in [4.78, 5) is 11.1. The summed E-state index contributed by atoms with van der Waals surface area (Å²) in [6.07, 6.45) is 2.55. The highest BCUT2D eigenvalue weighted by Gasteiger charge is 2.30. The summed E-state index contributed by atoms with van der Waals surface area (Å²) in [5.74, 6) is -0.655. The lowest BCUT2D eigenvalue weighted by Gasteiger charge is -2.33. The molecule has 1 fully saturated rings. The van der Waals surface area contributed by atoms with Gasteiger partial charge in [0.1, 0.15) is 0 Å². The first-order chi connectivity index (χ1) is 9.01. The Morgan fingerprint density at radius 3 is 2.74 bits per heavy atom. The van der Waals surface area contributed by atoms with E-state index in [4.69, 9.17) is 0 Å². The van der Waals surface area contributed by atoms with Crippen LogP contribution in [0.4, 0.5) is 0 Å². The highest BCUT2D eigenvalue weighted by atomic mass is 32.2. The smallest absolute Gasteiger partial charge is 0.306 e. The van der Waals surface area contributed by atoms with Crippen molar-refractivity contribution in [2.45, 2.75) is 38.6 Å². The average Bonchev–Trinajstić information content (AvgIpc) is 2.43. The highest BCUT2D eigenvalue weighted by molar-refractivity contribution is 7.89. The molecule has 19 heavy (non-hydrogen) atoms. The molecule has 1 atom stereocenters. The Morgan fingerprint density at radius 2 is 2.21 bits per heavy atom. The fourth-order valence-corrected chi connectivity index (χ4v) is 4.03. The molecular formula is C12H24N2O4S. The van der Waals surface area contributed by atoms with Crippen LogP contribution >= 0.6 is 0 Å². The van der Waals surface area contributed by atoms with E-state index in [0.29, 0.717) is 13.1 Å². The number of piperidine rings is 1. The number of nitrogens with zero attached hydrogens (tertiary/aromatic N) is 1. The lowest BCUT2D eigenvalue weighted by molar-refractivity contribution is -0.140. The number of nitrogens with one attached hydrogen (secondary N) is 1. The molecule has 1 N–H and O–H groups in total. The van der Waals surface area contributed by atoms with E-state index in [1.54, 1.807) is 4.31 Å². The minimum Gasteiger partial charge on any atom is -0.469 e. The van der Waals surface area contributed by atoms with Gasteiger partial charge in [-0.15, -0.1) is 0 Å². The largest absolute Gasteiger partial charge is 0.469 e. The molecule has 1 aliphatic heterocycles. The van der Waals surface area contributed by atoms with Gasteiger partial charge in [0.25, 0.3) is 0 Å². The first kappa shape index (κ1) is 16.4. The van der Waals surface area contributed by atoms with Crippen molar-refractivity contribution in [3.8, 4) is 0 Å². The molecule has 6 nitrogen and oxygen atoms in total. The summed E-state index contributed by atoms with van der Waals surface area (Å²) < 4.78 is 30.7. The maximum absolute atomic E-state index is 12.3. The monoisotopic (exact) mass is 292 g/mol. The summed E-state index contributed by atoms with van der Waals surface area (Å²) in [5.41, 5.74) is 0. The number of carbonyl (C=O) groups is 1. The highest BCUT2D eigenvalue weighted by Crippen LogP contribution is 2.16. The molecule has 1 unspecified atom stereocenters. The molecule has 0 bridgehead atoms. The maximum Gasteiger partial charge on any atom is 0.306 e. The van der Waals surface area contributed by atoms with E-state index in [-0.39, 0.29) is 18.2 Å². The number of ether oxygens (including phenoxy) is 1. The SMILES string of the molecule is CCCN(C1CCCNC1)S(=O)(=O)CCC(=O)OC. The molecule has 1 heterocycles. The predicted octanol–water partition coefficient (Wildman–Crippen LogP) is 0.343. The van der Waals surface area contributed by atoms with Crippen molar-refractivity contribution in [1.29, 1.82) is 0 Å². The van der Waals surface area contributed by atoms with E-state index in [2.05, 4.69) is 10.1 Å². The van der Waals surface area contributed by atoms with E-state index in [0.717, 1.165) is 25.8 Å². The van der Waals surface area contributed by atoms with Gasteiger partial charge >= 0.3 is 5.97 Å². The standard InChI is InChI=1S/C12H24N2O4S/c1-3-8-14(11-5-4-7-13-10-11)19(16,17)9-6-12(15)18-2/h11,13H,3-10H2,1-2H3. The lowest BCUT2D eigenvalue weighted by atomic mass is 10.1. The van der Waals surface area contributed by atoms with Crippen LogP contribution in [0.3, 0.4) is 0 Å². The molecular weight excluding hydrogens is 268 g/mol. The Bertz CT molecular complexity index is 377. The molecule has 0 aromatic carbocycles. The third-order valence-electron chi connectivity index (χ3n) is 3.27. The molecule has 0 aromatic rings. The maximum atomic E-state index is 12.3. The van der Waals surface area contributed by atoms with Crippen LogP contribution in [-0.2, 0) is 19.6 Å². The van der Waals surface area contributed by atoms with Gasteiger partial charge in [0, 0.05) is 19.1 Å². The molecule has 0 radical (unpaired) electrons. The topological polar surface area (TPSA) is 75.7 Å². The molecule has 112 valence electrons. The second-order valence-corrected chi connectivity index (χ2v) is 6.79. The van der Waals surface area contributed by atoms with Crippen LogP contribution in [0.15, 0.2) is 0 Å². The first-order valence-electron chi connectivity index (χ1n) is 6.78. The van der Waals surface area contributed by atoms with Gasteiger partial charge in [-0.3, -0.25) is 4.79 Å². The van der Waals surface area contributed by atoms with Gasteiger partial charge < -0.3 is 10.1 Å². The number of methoxy groups -OCH3 is 1. The van der Waals surface area contributed by atoms with Crippen LogP contribution in [0.1, 0.15) is 32.6 Å². The van der Waals surface area contributed by atoms with Crippen LogP contribution in [0.25, 0.3) is 0 Å².